The van der Waals surface area contributed by atoms with Crippen LogP contribution in [0.2, 0.25) is 0 Å². The van der Waals surface area contributed by atoms with Crippen LogP contribution in [0.15, 0.2) is 12.3 Å². The summed E-state index contributed by atoms with van der Waals surface area (Å²) in [4.78, 5) is 11.2. The van der Waals surface area contributed by atoms with Crippen molar-refractivity contribution in [1.82, 2.24) is 5.10 Å². The molecule has 72 valence electrons. The number of ether oxygens (including phenoxy) is 1. The minimum absolute atomic E-state index is 0.304. The van der Waals surface area contributed by atoms with Gasteiger partial charge >= 0.3 is 5.97 Å². The number of aromatic amines is 1. The lowest BCUT2D eigenvalue weighted by Gasteiger charge is -1.96. The summed E-state index contributed by atoms with van der Waals surface area (Å²) in [5.74, 6) is -0.304. The van der Waals surface area contributed by atoms with E-state index in [1.165, 1.54) is 0 Å². The second-order valence-corrected chi connectivity index (χ2v) is 3.06. The summed E-state index contributed by atoms with van der Waals surface area (Å²) < 4.78 is 6.69. The fourth-order valence-corrected chi connectivity index (χ4v) is 0.992. The Hall–Kier alpha value is -1.32. The summed E-state index contributed by atoms with van der Waals surface area (Å²) in [7, 11) is 0. The molecule has 4 nitrogen and oxygen atoms in total. The quantitative estimate of drug-likeness (QED) is 0.562. The summed E-state index contributed by atoms with van der Waals surface area (Å²) >= 11 is 0. The molecule has 0 aliphatic heterocycles. The van der Waals surface area contributed by atoms with Crippen molar-refractivity contribution >= 4 is 5.97 Å². The Morgan fingerprint density at radius 3 is 2.85 bits per heavy atom. The molecule has 1 aromatic rings. The molecule has 0 aliphatic rings. The number of esters is 1. The Balaban J connectivity index is 2.73. The van der Waals surface area contributed by atoms with Gasteiger partial charge in [0.2, 0.25) is 0 Å². The Labute approximate surface area is 77.5 Å². The van der Waals surface area contributed by atoms with E-state index in [1.54, 1.807) is 13.0 Å². The van der Waals surface area contributed by atoms with Gasteiger partial charge in [0, 0.05) is 6.07 Å². The van der Waals surface area contributed by atoms with Crippen molar-refractivity contribution in [2.24, 2.45) is 0 Å². The minimum Gasteiger partial charge on any atom is -0.461 e. The molecule has 1 N–H and O–H groups in total. The zero-order chi connectivity index (χ0) is 9.84. The average molecular weight is 183 g/mol. The van der Waals surface area contributed by atoms with Gasteiger partial charge < -0.3 is 4.74 Å². The second-order valence-electron chi connectivity index (χ2n) is 3.06. The number of H-pyrrole nitrogens is 1. The molecule has 0 aromatic carbocycles. The van der Waals surface area contributed by atoms with Gasteiger partial charge in [0.05, 0.1) is 6.61 Å². The molecule has 1 aromatic heterocycles. The van der Waals surface area contributed by atoms with E-state index in [9.17, 15) is 4.79 Å². The molecule has 0 saturated heterocycles. The van der Waals surface area contributed by atoms with Crippen LogP contribution < -0.4 is 4.68 Å². The van der Waals surface area contributed by atoms with E-state index in [0.717, 1.165) is 0 Å². The van der Waals surface area contributed by atoms with Crippen LogP contribution in [-0.4, -0.2) is 17.7 Å². The van der Waals surface area contributed by atoms with Crippen molar-refractivity contribution in [2.75, 3.05) is 6.61 Å². The topological polar surface area (TPSA) is 46.0 Å². The molecule has 0 saturated carbocycles. The molecule has 0 atom stereocenters. The van der Waals surface area contributed by atoms with Gasteiger partial charge in [0.25, 0.3) is 0 Å². The summed E-state index contributed by atoms with van der Waals surface area (Å²) in [6.45, 7) is 6.26. The van der Waals surface area contributed by atoms with Gasteiger partial charge in [-0.15, -0.1) is 4.68 Å². The van der Waals surface area contributed by atoms with Crippen molar-refractivity contribution in [3.05, 3.63) is 18.0 Å². The third-order valence-corrected chi connectivity index (χ3v) is 1.70. The van der Waals surface area contributed by atoms with Gasteiger partial charge in [0.15, 0.2) is 17.9 Å². The van der Waals surface area contributed by atoms with Crippen molar-refractivity contribution in [2.45, 2.75) is 26.8 Å². The van der Waals surface area contributed by atoms with Crippen LogP contribution in [0.3, 0.4) is 0 Å². The monoisotopic (exact) mass is 183 g/mol. The standard InChI is InChI=1S/C9H14N2O2/c1-4-13-9(12)8-5-6-11(10-8)7(2)3/h5-7H,4H2,1-3H3/p+1. The van der Waals surface area contributed by atoms with E-state index in [-0.39, 0.29) is 5.97 Å². The van der Waals surface area contributed by atoms with Crippen LogP contribution in [0.1, 0.15) is 37.3 Å². The predicted molar refractivity (Wildman–Crippen MR) is 47.3 cm³/mol. The first-order chi connectivity index (χ1) is 6.15. The lowest BCUT2D eigenvalue weighted by atomic mass is 10.4. The van der Waals surface area contributed by atoms with E-state index in [0.29, 0.717) is 18.3 Å². The first kappa shape index (κ1) is 9.77. The molecule has 0 bridgehead atoms. The molecule has 13 heavy (non-hydrogen) atoms. The molecule has 1 heterocycles. The predicted octanol–water partition coefficient (Wildman–Crippen LogP) is 1.06. The lowest BCUT2D eigenvalue weighted by Crippen LogP contribution is -2.37. The van der Waals surface area contributed by atoms with Crippen molar-refractivity contribution in [1.29, 1.82) is 0 Å². The van der Waals surface area contributed by atoms with Crippen LogP contribution in [-0.2, 0) is 4.74 Å². The Kier molecular flexibility index (Phi) is 3.06. The van der Waals surface area contributed by atoms with Crippen molar-refractivity contribution in [3.63, 3.8) is 0 Å². The molecule has 0 radical (unpaired) electrons. The normalized spacial score (nSPS) is 10.5. The minimum atomic E-state index is -0.304. The number of hydrogen-bond acceptors (Lipinski definition) is 2. The molecule has 0 amide bonds. The first-order valence-electron chi connectivity index (χ1n) is 4.42. The largest absolute Gasteiger partial charge is 0.461 e. The Morgan fingerprint density at radius 1 is 1.69 bits per heavy atom. The van der Waals surface area contributed by atoms with Gasteiger partial charge in [0.1, 0.15) is 0 Å². The lowest BCUT2D eigenvalue weighted by molar-refractivity contribution is -0.767. The molecule has 1 rings (SSSR count). The van der Waals surface area contributed by atoms with Crippen LogP contribution in [0.4, 0.5) is 0 Å². The summed E-state index contributed by atoms with van der Waals surface area (Å²) in [6, 6.07) is 2.04. The molecule has 0 aliphatic carbocycles. The number of hydrogen-bond donors (Lipinski definition) is 1. The van der Waals surface area contributed by atoms with Crippen molar-refractivity contribution in [3.8, 4) is 0 Å². The van der Waals surface area contributed by atoms with Crippen LogP contribution in [0, 0.1) is 0 Å². The number of carbonyl (C=O) groups is 1. The van der Waals surface area contributed by atoms with Gasteiger partial charge in [-0.05, 0) is 20.8 Å². The summed E-state index contributed by atoms with van der Waals surface area (Å²) in [5, 5.41) is 2.94. The van der Waals surface area contributed by atoms with Crippen LogP contribution in [0.5, 0.6) is 0 Å². The maximum Gasteiger partial charge on any atom is 0.360 e. The zero-order valence-corrected chi connectivity index (χ0v) is 8.20. The van der Waals surface area contributed by atoms with Crippen LogP contribution >= 0.6 is 0 Å². The fraction of sp³-hybridized carbons (Fsp3) is 0.556. The maximum atomic E-state index is 11.2. The van der Waals surface area contributed by atoms with E-state index < -0.39 is 0 Å². The summed E-state index contributed by atoms with van der Waals surface area (Å²) in [6.07, 6.45) is 1.83. The molecule has 0 spiro atoms. The number of nitrogens with one attached hydrogen (secondary N) is 1. The third-order valence-electron chi connectivity index (χ3n) is 1.70. The highest BCUT2D eigenvalue weighted by molar-refractivity contribution is 5.86. The van der Waals surface area contributed by atoms with Gasteiger partial charge in [-0.1, -0.05) is 0 Å². The summed E-state index contributed by atoms with van der Waals surface area (Å²) in [5.41, 5.74) is 0.496. The van der Waals surface area contributed by atoms with E-state index in [2.05, 4.69) is 5.10 Å². The third kappa shape index (κ3) is 2.31. The average Bonchev–Trinajstić information content (AvgIpc) is 2.52. The Bertz CT molecular complexity index is 292. The highest BCUT2D eigenvalue weighted by Crippen LogP contribution is 1.97. The van der Waals surface area contributed by atoms with Crippen LogP contribution in [0.25, 0.3) is 0 Å². The highest BCUT2D eigenvalue weighted by atomic mass is 16.5. The smallest absolute Gasteiger partial charge is 0.360 e. The van der Waals surface area contributed by atoms with E-state index in [4.69, 9.17) is 4.74 Å². The molecule has 0 unspecified atom stereocenters. The number of rotatable bonds is 3. The molecular formula is C9H15N2O2+. The van der Waals surface area contributed by atoms with Crippen molar-refractivity contribution < 1.29 is 14.2 Å². The first-order valence-corrected chi connectivity index (χ1v) is 4.42. The zero-order valence-electron chi connectivity index (χ0n) is 8.20. The number of nitrogens with zero attached hydrogens (tertiary/aromatic N) is 1. The second kappa shape index (κ2) is 4.07. The van der Waals surface area contributed by atoms with E-state index >= 15 is 0 Å². The van der Waals surface area contributed by atoms with Gasteiger partial charge in [-0.25, -0.2) is 4.79 Å². The molecule has 4 heteroatoms. The SMILES string of the molecule is CCOC(=O)c1cc[n+](C(C)C)[nH]1. The maximum absolute atomic E-state index is 11.2. The van der Waals surface area contributed by atoms with E-state index in [1.807, 2.05) is 24.7 Å². The molecule has 0 fully saturated rings. The Morgan fingerprint density at radius 2 is 2.38 bits per heavy atom. The van der Waals surface area contributed by atoms with Gasteiger partial charge in [-0.3, -0.25) is 0 Å². The molecular weight excluding hydrogens is 168 g/mol. The van der Waals surface area contributed by atoms with Gasteiger partial charge in [-0.2, -0.15) is 5.10 Å². The fourth-order valence-electron chi connectivity index (χ4n) is 0.992. The highest BCUT2D eigenvalue weighted by Gasteiger charge is 2.15. The number of aromatic nitrogens is 2. The number of carbonyl (C=O) groups excluding carboxylic acids is 1.